The van der Waals surface area contributed by atoms with Gasteiger partial charge in [-0.15, -0.1) is 0 Å². The molecule has 0 spiro atoms. The quantitative estimate of drug-likeness (QED) is 0.654. The van der Waals surface area contributed by atoms with Crippen LogP contribution in [0.25, 0.3) is 0 Å². The summed E-state index contributed by atoms with van der Waals surface area (Å²) in [5.74, 6) is 0.517. The van der Waals surface area contributed by atoms with Gasteiger partial charge in [0.1, 0.15) is 5.82 Å². The van der Waals surface area contributed by atoms with Crippen molar-refractivity contribution >= 4 is 27.5 Å². The van der Waals surface area contributed by atoms with Crippen molar-refractivity contribution in [3.8, 4) is 0 Å². The molecule has 7 heteroatoms. The molecule has 3 N–H and O–H groups in total. The monoisotopic (exact) mass is 336 g/mol. The first kappa shape index (κ1) is 16.3. The number of halogens is 1. The Morgan fingerprint density at radius 3 is 2.90 bits per heavy atom. The number of allylic oxidation sites excluding steroid dienone is 4. The van der Waals surface area contributed by atoms with Crippen LogP contribution in [0.5, 0.6) is 0 Å². The number of nitrogens with zero attached hydrogens (tertiary/aromatic N) is 1. The first-order valence-corrected chi connectivity index (χ1v) is 6.84. The summed E-state index contributed by atoms with van der Waals surface area (Å²) in [7, 11) is 5.73. The van der Waals surface area contributed by atoms with Gasteiger partial charge >= 0.3 is 24.8 Å². The van der Waals surface area contributed by atoms with Gasteiger partial charge in [-0.2, -0.15) is 0 Å². The van der Waals surface area contributed by atoms with E-state index in [0.29, 0.717) is 22.8 Å². The molecule has 1 aromatic heterocycles. The van der Waals surface area contributed by atoms with E-state index in [1.165, 1.54) is 7.11 Å². The van der Waals surface area contributed by atoms with Gasteiger partial charge in [0.05, 0.1) is 12.8 Å². The van der Waals surface area contributed by atoms with Crippen molar-refractivity contribution < 1.29 is 24.1 Å². The van der Waals surface area contributed by atoms with Crippen LogP contribution in [0.15, 0.2) is 54.1 Å². The van der Waals surface area contributed by atoms with Crippen molar-refractivity contribution in [2.75, 3.05) is 18.2 Å². The van der Waals surface area contributed by atoms with Crippen LogP contribution in [0.1, 0.15) is 0 Å². The Morgan fingerprint density at radius 1 is 1.50 bits per heavy atom. The van der Waals surface area contributed by atoms with Gasteiger partial charge in [0.15, 0.2) is 5.76 Å². The fraction of sp³-hybridized carbons (Fsp3) is 0.0769. The molecule has 5 nitrogen and oxygen atoms in total. The normalized spacial score (nSPS) is 15.3. The number of hydrogen-bond donors (Lipinski definition) is 2. The molecule has 1 aliphatic carbocycles. The van der Waals surface area contributed by atoms with E-state index < -0.39 is 0 Å². The van der Waals surface area contributed by atoms with Crippen LogP contribution in [0.3, 0.4) is 0 Å². The van der Waals surface area contributed by atoms with Gasteiger partial charge in [-0.1, -0.05) is 6.08 Å². The third kappa shape index (κ3) is 4.12. The molecule has 0 fully saturated rings. The summed E-state index contributed by atoms with van der Waals surface area (Å²) in [6.07, 6.45) is 8.26. The zero-order chi connectivity index (χ0) is 15.0. The predicted octanol–water partition coefficient (Wildman–Crippen LogP) is 2.32. The third-order valence-corrected chi connectivity index (χ3v) is 2.45. The molecular weight excluding hydrogens is 324 g/mol. The summed E-state index contributed by atoms with van der Waals surface area (Å²) >= 11 is 3.35. The van der Waals surface area contributed by atoms with Crippen molar-refractivity contribution in [1.29, 1.82) is 0 Å². The van der Waals surface area contributed by atoms with Crippen LogP contribution >= 0.6 is 10.2 Å². The first-order valence-electron chi connectivity index (χ1n) is 5.48. The molecule has 1 aliphatic rings. The van der Waals surface area contributed by atoms with Crippen molar-refractivity contribution in [2.24, 2.45) is 0 Å². The van der Waals surface area contributed by atoms with Crippen LogP contribution in [0.4, 0.5) is 11.5 Å². The van der Waals surface area contributed by atoms with Gasteiger partial charge in [-0.05, 0) is 24.3 Å². The molecule has 0 aliphatic heterocycles. The number of carbonyl (C=O) groups is 1. The fourth-order valence-electron chi connectivity index (χ4n) is 1.50. The average Bonchev–Trinajstić information content (AvgIpc) is 2.50. The molecule has 0 bridgehead atoms. The molecular formula is C13H13ClN3NiO2. The summed E-state index contributed by atoms with van der Waals surface area (Å²) in [5, 5.41) is 2.95. The van der Waals surface area contributed by atoms with E-state index in [0.717, 1.165) is 0 Å². The molecule has 0 amide bonds. The van der Waals surface area contributed by atoms with E-state index in [1.807, 2.05) is 0 Å². The Labute approximate surface area is 129 Å². The van der Waals surface area contributed by atoms with Crippen LogP contribution in [-0.2, 0) is 24.1 Å². The second-order valence-electron chi connectivity index (χ2n) is 3.60. The Balaban J connectivity index is 0.000000956. The van der Waals surface area contributed by atoms with Crippen molar-refractivity contribution in [1.82, 2.24) is 4.98 Å². The molecule has 0 saturated heterocycles. The van der Waals surface area contributed by atoms with Gasteiger partial charge in [0.25, 0.3) is 0 Å². The van der Waals surface area contributed by atoms with Crippen LogP contribution < -0.4 is 11.1 Å². The number of nitrogen functional groups attached to an aromatic ring is 1. The van der Waals surface area contributed by atoms with Crippen LogP contribution in [-0.4, -0.2) is 17.9 Å². The zero-order valence-electron chi connectivity index (χ0n) is 10.6. The molecule has 20 heavy (non-hydrogen) atoms. The van der Waals surface area contributed by atoms with Gasteiger partial charge in [-0.3, -0.25) is 4.79 Å². The predicted molar refractivity (Wildman–Crippen MR) is 75.4 cm³/mol. The van der Waals surface area contributed by atoms with Gasteiger partial charge in [-0.25, -0.2) is 4.98 Å². The molecule has 1 aromatic rings. The number of aromatic nitrogens is 1. The minimum atomic E-state index is -0.171. The Morgan fingerprint density at radius 2 is 2.25 bits per heavy atom. The fourth-order valence-corrected chi connectivity index (χ4v) is 1.50. The van der Waals surface area contributed by atoms with Crippen molar-refractivity contribution in [2.45, 2.75) is 0 Å². The number of Topliss-reactive ketones (excluding diaryl/α,β-unsaturated/α-hetero) is 1. The average molecular weight is 337 g/mol. The van der Waals surface area contributed by atoms with Crippen LogP contribution in [0, 0.1) is 0 Å². The van der Waals surface area contributed by atoms with E-state index in [4.69, 9.17) is 10.5 Å². The van der Waals surface area contributed by atoms with E-state index in [1.54, 1.807) is 42.8 Å². The summed E-state index contributed by atoms with van der Waals surface area (Å²) in [6.45, 7) is 0. The SMILES string of the molecule is COC1=CC=C/C(=C/Nc2cccnc2N)C1=O.[Cl][Ni]. The number of anilines is 2. The number of methoxy groups -OCH3 is 1. The number of nitrogens with two attached hydrogens (primary N) is 1. The Kier molecular flexibility index (Phi) is 6.84. The number of ether oxygens (including phenoxy) is 1. The number of hydrogen-bond acceptors (Lipinski definition) is 5. The second kappa shape index (κ2) is 8.41. The minimum absolute atomic E-state index is 0.171. The number of pyridine rings is 1. The molecule has 0 saturated carbocycles. The number of rotatable bonds is 3. The van der Waals surface area contributed by atoms with Gasteiger partial charge in [0, 0.05) is 18.0 Å². The first-order chi connectivity index (χ1) is 9.72. The Hall–Kier alpha value is -1.78. The molecule has 0 radical (unpaired) electrons. The maximum atomic E-state index is 11.9. The van der Waals surface area contributed by atoms with Gasteiger partial charge in [0.2, 0.25) is 5.78 Å². The number of ketones is 1. The van der Waals surface area contributed by atoms with E-state index in [-0.39, 0.29) is 5.78 Å². The van der Waals surface area contributed by atoms with Crippen LogP contribution in [0.2, 0.25) is 0 Å². The summed E-state index contributed by atoms with van der Waals surface area (Å²) < 4.78 is 4.96. The molecule has 0 aromatic carbocycles. The van der Waals surface area contributed by atoms with Gasteiger partial charge < -0.3 is 15.8 Å². The summed E-state index contributed by atoms with van der Waals surface area (Å²) in [6, 6.07) is 3.54. The Bertz CT molecular complexity index is 570. The van der Waals surface area contributed by atoms with Crippen molar-refractivity contribution in [3.05, 3.63) is 54.1 Å². The molecule has 109 valence electrons. The summed E-state index contributed by atoms with van der Waals surface area (Å²) in [4.78, 5) is 15.8. The molecule has 1 heterocycles. The molecule has 0 atom stereocenters. The van der Waals surface area contributed by atoms with E-state index in [9.17, 15) is 4.79 Å². The van der Waals surface area contributed by atoms with E-state index >= 15 is 0 Å². The standard InChI is InChI=1S/C13H13N3O2.ClH.Ni/c1-18-11-6-2-4-9(12(11)17)8-16-10-5-3-7-15-13(10)14;;/h2-8,16H,1H3,(H2,14,15);1H;/q;;+1/p-1/b9-8-;;. The maximum absolute atomic E-state index is 11.9. The van der Waals surface area contributed by atoms with E-state index in [2.05, 4.69) is 35.1 Å². The molecule has 0 unspecified atom stereocenters. The zero-order valence-corrected chi connectivity index (χ0v) is 12.3. The molecule has 2 rings (SSSR count). The number of nitrogens with one attached hydrogen (secondary N) is 1. The number of carbonyl (C=O) groups excluding carboxylic acids is 1. The summed E-state index contributed by atoms with van der Waals surface area (Å²) in [5.41, 5.74) is 6.83. The third-order valence-electron chi connectivity index (χ3n) is 2.45. The topological polar surface area (TPSA) is 77.2 Å². The second-order valence-corrected chi connectivity index (χ2v) is 3.60. The van der Waals surface area contributed by atoms with Crippen molar-refractivity contribution in [3.63, 3.8) is 0 Å².